The first-order valence-electron chi connectivity index (χ1n) is 6.23. The molecule has 2 heterocycles. The Bertz CT molecular complexity index is 674. The number of aromatic nitrogens is 1. The van der Waals surface area contributed by atoms with Gasteiger partial charge < -0.3 is 9.47 Å². The van der Waals surface area contributed by atoms with Gasteiger partial charge in [0.2, 0.25) is 15.9 Å². The molecular weight excluding hydrogens is 282 g/mol. The molecule has 1 aliphatic rings. The Morgan fingerprint density at radius 2 is 1.95 bits per heavy atom. The molecule has 0 N–H and O–H groups in total. The Kier molecular flexibility index (Phi) is 3.96. The first kappa shape index (κ1) is 14.7. The molecule has 1 aromatic heterocycles. The molecule has 1 aromatic rings. The topological polar surface area (TPSA) is 79.7 Å². The Hall–Kier alpha value is -1.67. The van der Waals surface area contributed by atoms with Gasteiger partial charge in [0.05, 0.1) is 4.90 Å². The third-order valence-corrected chi connectivity index (χ3v) is 5.05. The smallest absolute Gasteiger partial charge is 0.251 e. The molecule has 7 nitrogen and oxygen atoms in total. The first-order valence-corrected chi connectivity index (χ1v) is 7.67. The van der Waals surface area contributed by atoms with E-state index < -0.39 is 15.6 Å². The summed E-state index contributed by atoms with van der Waals surface area (Å²) in [6.07, 6.45) is 2.19. The van der Waals surface area contributed by atoms with Gasteiger partial charge in [0.1, 0.15) is 6.54 Å². The number of likely N-dealkylation sites (tertiary alicyclic amines) is 1. The maximum atomic E-state index is 12.0. The van der Waals surface area contributed by atoms with Crippen molar-refractivity contribution in [2.24, 2.45) is 0 Å². The minimum atomic E-state index is -3.62. The molecule has 1 aliphatic heterocycles. The van der Waals surface area contributed by atoms with Gasteiger partial charge in [0, 0.05) is 39.4 Å². The van der Waals surface area contributed by atoms with Crippen LogP contribution in [0.4, 0.5) is 0 Å². The van der Waals surface area contributed by atoms with Crippen molar-refractivity contribution < 1.29 is 13.2 Å². The van der Waals surface area contributed by atoms with Crippen LogP contribution in [-0.4, -0.2) is 55.3 Å². The van der Waals surface area contributed by atoms with Gasteiger partial charge in [0.15, 0.2) is 0 Å². The lowest BCUT2D eigenvalue weighted by atomic mass is 10.2. The third kappa shape index (κ3) is 2.75. The minimum absolute atomic E-state index is 0.00138. The van der Waals surface area contributed by atoms with E-state index in [2.05, 4.69) is 0 Å². The van der Waals surface area contributed by atoms with Crippen LogP contribution < -0.4 is 5.56 Å². The molecule has 0 bridgehead atoms. The van der Waals surface area contributed by atoms with Crippen molar-refractivity contribution in [2.45, 2.75) is 17.9 Å². The fourth-order valence-electron chi connectivity index (χ4n) is 1.81. The molecule has 20 heavy (non-hydrogen) atoms. The molecule has 1 saturated heterocycles. The van der Waals surface area contributed by atoms with Crippen LogP contribution in [0.1, 0.15) is 6.42 Å². The monoisotopic (exact) mass is 299 g/mol. The Balaban J connectivity index is 2.29. The van der Waals surface area contributed by atoms with E-state index in [1.54, 1.807) is 4.90 Å². The van der Waals surface area contributed by atoms with Gasteiger partial charge >= 0.3 is 0 Å². The van der Waals surface area contributed by atoms with Crippen molar-refractivity contribution in [1.29, 1.82) is 0 Å². The second-order valence-corrected chi connectivity index (χ2v) is 7.00. The molecule has 0 aromatic carbocycles. The van der Waals surface area contributed by atoms with Crippen LogP contribution >= 0.6 is 0 Å². The van der Waals surface area contributed by atoms with Gasteiger partial charge in [-0.3, -0.25) is 9.59 Å². The highest BCUT2D eigenvalue weighted by atomic mass is 32.2. The summed E-state index contributed by atoms with van der Waals surface area (Å²) in [6, 6.07) is 2.42. The van der Waals surface area contributed by atoms with Gasteiger partial charge in [-0.05, 0) is 12.5 Å². The van der Waals surface area contributed by atoms with Crippen molar-refractivity contribution in [3.63, 3.8) is 0 Å². The molecular formula is C12H17N3O4S. The summed E-state index contributed by atoms with van der Waals surface area (Å²) in [4.78, 5) is 25.2. The predicted molar refractivity (Wildman–Crippen MR) is 72.8 cm³/mol. The normalized spacial score (nSPS) is 15.2. The standard InChI is InChI=1S/C12H17N3O4S/c1-13(2)20(18,19)10-4-5-11(16)15(8-10)9-12(17)14-6-3-7-14/h4-5,8H,3,6-7,9H2,1-2H3. The maximum absolute atomic E-state index is 12.0. The molecule has 0 atom stereocenters. The minimum Gasteiger partial charge on any atom is -0.341 e. The fraction of sp³-hybridized carbons (Fsp3) is 0.500. The predicted octanol–water partition coefficient (Wildman–Crippen LogP) is -0.669. The number of sulfonamides is 1. The lowest BCUT2D eigenvalue weighted by Crippen LogP contribution is -2.44. The maximum Gasteiger partial charge on any atom is 0.251 e. The van der Waals surface area contributed by atoms with E-state index in [0.29, 0.717) is 13.1 Å². The zero-order valence-corrected chi connectivity index (χ0v) is 12.3. The van der Waals surface area contributed by atoms with E-state index in [0.717, 1.165) is 15.3 Å². The van der Waals surface area contributed by atoms with Crippen molar-refractivity contribution in [3.05, 3.63) is 28.7 Å². The van der Waals surface area contributed by atoms with Crippen molar-refractivity contribution in [3.8, 4) is 0 Å². The van der Waals surface area contributed by atoms with Gasteiger partial charge in [-0.25, -0.2) is 12.7 Å². The van der Waals surface area contributed by atoms with Crippen LogP contribution in [0.25, 0.3) is 0 Å². The summed E-state index contributed by atoms with van der Waals surface area (Å²) in [7, 11) is -0.790. The van der Waals surface area contributed by atoms with Crippen LogP contribution in [-0.2, 0) is 21.4 Å². The van der Waals surface area contributed by atoms with E-state index >= 15 is 0 Å². The van der Waals surface area contributed by atoms with Crippen molar-refractivity contribution >= 4 is 15.9 Å². The lowest BCUT2D eigenvalue weighted by Gasteiger charge is -2.31. The third-order valence-electron chi connectivity index (χ3n) is 3.25. The highest BCUT2D eigenvalue weighted by Gasteiger charge is 2.22. The van der Waals surface area contributed by atoms with Crippen LogP contribution in [0, 0.1) is 0 Å². The molecule has 110 valence electrons. The van der Waals surface area contributed by atoms with Crippen LogP contribution in [0.3, 0.4) is 0 Å². The molecule has 2 rings (SSSR count). The fourth-order valence-corrected chi connectivity index (χ4v) is 2.73. The summed E-state index contributed by atoms with van der Waals surface area (Å²) >= 11 is 0. The second-order valence-electron chi connectivity index (χ2n) is 4.85. The average Bonchev–Trinajstić information content (AvgIpc) is 2.29. The number of pyridine rings is 1. The van der Waals surface area contributed by atoms with Crippen LogP contribution in [0.5, 0.6) is 0 Å². The summed E-state index contributed by atoms with van der Waals surface area (Å²) in [5.74, 6) is -0.169. The SMILES string of the molecule is CN(C)S(=O)(=O)c1ccc(=O)n(CC(=O)N2CCC2)c1. The molecule has 1 fully saturated rings. The number of carbonyl (C=O) groups is 1. The average molecular weight is 299 g/mol. The van der Waals surface area contributed by atoms with Crippen molar-refractivity contribution in [1.82, 2.24) is 13.8 Å². The van der Waals surface area contributed by atoms with Gasteiger partial charge in [-0.15, -0.1) is 0 Å². The first-order chi connectivity index (χ1) is 9.32. The summed E-state index contributed by atoms with van der Waals surface area (Å²) in [5, 5.41) is 0. The molecule has 0 unspecified atom stereocenters. The Morgan fingerprint density at radius 3 is 2.45 bits per heavy atom. The van der Waals surface area contributed by atoms with E-state index in [1.165, 1.54) is 32.4 Å². The number of hydrogen-bond acceptors (Lipinski definition) is 4. The largest absolute Gasteiger partial charge is 0.341 e. The summed E-state index contributed by atoms with van der Waals surface area (Å²) in [5.41, 5.74) is -0.392. The summed E-state index contributed by atoms with van der Waals surface area (Å²) < 4.78 is 26.2. The highest BCUT2D eigenvalue weighted by Crippen LogP contribution is 2.11. The Labute approximate surface area is 117 Å². The molecule has 0 radical (unpaired) electrons. The van der Waals surface area contributed by atoms with E-state index in [9.17, 15) is 18.0 Å². The molecule has 0 aliphatic carbocycles. The number of rotatable bonds is 4. The van der Waals surface area contributed by atoms with Gasteiger partial charge in [0.25, 0.3) is 5.56 Å². The molecule has 0 saturated carbocycles. The van der Waals surface area contributed by atoms with Crippen LogP contribution in [0.2, 0.25) is 0 Å². The van der Waals surface area contributed by atoms with Crippen LogP contribution in [0.15, 0.2) is 28.0 Å². The zero-order valence-electron chi connectivity index (χ0n) is 11.4. The number of amides is 1. The quantitative estimate of drug-likeness (QED) is 0.738. The molecule has 1 amide bonds. The van der Waals surface area contributed by atoms with Gasteiger partial charge in [-0.1, -0.05) is 0 Å². The lowest BCUT2D eigenvalue weighted by molar-refractivity contribution is -0.135. The van der Waals surface area contributed by atoms with E-state index in [1.807, 2.05) is 0 Å². The molecule has 0 spiro atoms. The molecule has 8 heteroatoms. The zero-order chi connectivity index (χ0) is 14.9. The van der Waals surface area contributed by atoms with E-state index in [-0.39, 0.29) is 17.3 Å². The summed E-state index contributed by atoms with van der Waals surface area (Å²) in [6.45, 7) is 1.27. The van der Waals surface area contributed by atoms with Gasteiger partial charge in [-0.2, -0.15) is 0 Å². The number of nitrogens with zero attached hydrogens (tertiary/aromatic N) is 3. The number of hydrogen-bond donors (Lipinski definition) is 0. The highest BCUT2D eigenvalue weighted by molar-refractivity contribution is 7.89. The van der Waals surface area contributed by atoms with E-state index in [4.69, 9.17) is 0 Å². The number of carbonyl (C=O) groups excluding carboxylic acids is 1. The Morgan fingerprint density at radius 1 is 1.30 bits per heavy atom. The second kappa shape index (κ2) is 5.37. The van der Waals surface area contributed by atoms with Crippen molar-refractivity contribution in [2.75, 3.05) is 27.2 Å².